The van der Waals surface area contributed by atoms with E-state index >= 15 is 0 Å². The Morgan fingerprint density at radius 3 is 2.60 bits per heavy atom. The maximum Gasteiger partial charge on any atom is 0.260 e. The van der Waals surface area contributed by atoms with Crippen molar-refractivity contribution in [2.75, 3.05) is 26.8 Å². The number of methoxy groups -OCH3 is 1. The molecule has 0 fully saturated rings. The monoisotopic (exact) mass is 472 g/mol. The van der Waals surface area contributed by atoms with Gasteiger partial charge >= 0.3 is 0 Å². The number of rotatable bonds is 8. The van der Waals surface area contributed by atoms with Crippen molar-refractivity contribution in [3.05, 3.63) is 101 Å². The first-order valence-corrected chi connectivity index (χ1v) is 12.0. The van der Waals surface area contributed by atoms with Crippen molar-refractivity contribution in [1.29, 1.82) is 0 Å². The van der Waals surface area contributed by atoms with Gasteiger partial charge in [0.1, 0.15) is 5.75 Å². The van der Waals surface area contributed by atoms with Crippen LogP contribution in [0.2, 0.25) is 0 Å². The molecule has 2 atom stereocenters. The molecular weight excluding hydrogens is 440 g/mol. The summed E-state index contributed by atoms with van der Waals surface area (Å²) in [6.07, 6.45) is 0.0942. The predicted octanol–water partition coefficient (Wildman–Crippen LogP) is 4.31. The van der Waals surface area contributed by atoms with Gasteiger partial charge in [0.15, 0.2) is 6.10 Å². The first-order valence-electron chi connectivity index (χ1n) is 12.0. The summed E-state index contributed by atoms with van der Waals surface area (Å²) in [6.45, 7) is 5.28. The number of ether oxygens (including phenoxy) is 2. The lowest BCUT2D eigenvalue weighted by molar-refractivity contribution is -0.127. The molecule has 0 spiro atoms. The lowest BCUT2D eigenvalue weighted by Crippen LogP contribution is -2.41. The van der Waals surface area contributed by atoms with Crippen LogP contribution in [0.4, 0.5) is 0 Å². The Morgan fingerprint density at radius 1 is 1.06 bits per heavy atom. The zero-order chi connectivity index (χ0) is 24.8. The van der Waals surface area contributed by atoms with Gasteiger partial charge in [0.2, 0.25) is 0 Å². The van der Waals surface area contributed by atoms with Crippen molar-refractivity contribution in [2.45, 2.75) is 32.4 Å². The van der Waals surface area contributed by atoms with Crippen molar-refractivity contribution in [2.24, 2.45) is 0 Å². The second-order valence-electron chi connectivity index (χ2n) is 8.84. The largest absolute Gasteiger partial charge is 0.481 e. The maximum atomic E-state index is 13.6. The van der Waals surface area contributed by atoms with Crippen LogP contribution in [-0.2, 0) is 16.0 Å². The normalized spacial score (nSPS) is 15.7. The molecule has 3 aromatic rings. The van der Waals surface area contributed by atoms with Gasteiger partial charge < -0.3 is 19.7 Å². The Balaban J connectivity index is 1.66. The van der Waals surface area contributed by atoms with Gasteiger partial charge in [-0.15, -0.1) is 0 Å². The van der Waals surface area contributed by atoms with E-state index < -0.39 is 6.10 Å². The summed E-state index contributed by atoms with van der Waals surface area (Å²) in [4.78, 5) is 27.9. The molecule has 6 heteroatoms. The topological polar surface area (TPSA) is 67.9 Å². The number of hydrogen-bond acceptors (Lipinski definition) is 4. The summed E-state index contributed by atoms with van der Waals surface area (Å²) in [6, 6.07) is 23.4. The number of nitrogens with one attached hydrogen (secondary N) is 1. The van der Waals surface area contributed by atoms with E-state index in [0.29, 0.717) is 31.0 Å². The van der Waals surface area contributed by atoms with Gasteiger partial charge in [-0.05, 0) is 61.2 Å². The minimum absolute atomic E-state index is 0.0000310. The van der Waals surface area contributed by atoms with E-state index in [-0.39, 0.29) is 17.9 Å². The van der Waals surface area contributed by atoms with Gasteiger partial charge in [-0.25, -0.2) is 0 Å². The van der Waals surface area contributed by atoms with Crippen LogP contribution >= 0.6 is 0 Å². The lowest BCUT2D eigenvalue weighted by Gasteiger charge is -2.38. The molecule has 0 radical (unpaired) electrons. The van der Waals surface area contributed by atoms with Crippen LogP contribution in [0, 0.1) is 6.92 Å². The van der Waals surface area contributed by atoms with Gasteiger partial charge in [-0.3, -0.25) is 9.59 Å². The van der Waals surface area contributed by atoms with Crippen molar-refractivity contribution >= 4 is 11.8 Å². The number of carbonyl (C=O) groups is 2. The van der Waals surface area contributed by atoms with E-state index in [1.807, 2.05) is 59.5 Å². The van der Waals surface area contributed by atoms with Crippen LogP contribution in [-0.4, -0.2) is 49.6 Å². The maximum absolute atomic E-state index is 13.6. The molecule has 182 valence electrons. The third-order valence-electron chi connectivity index (χ3n) is 6.27. The number of fused-ring (bicyclic) bond motifs is 1. The second kappa shape index (κ2) is 11.2. The quantitative estimate of drug-likeness (QED) is 0.496. The highest BCUT2D eigenvalue weighted by Crippen LogP contribution is 2.38. The Hall–Kier alpha value is -3.64. The molecule has 0 aliphatic carbocycles. The molecule has 0 aromatic heterocycles. The van der Waals surface area contributed by atoms with Crippen LogP contribution in [0.1, 0.15) is 45.6 Å². The molecule has 1 aliphatic rings. The summed E-state index contributed by atoms with van der Waals surface area (Å²) >= 11 is 0. The number of benzene rings is 3. The van der Waals surface area contributed by atoms with E-state index in [9.17, 15) is 9.59 Å². The van der Waals surface area contributed by atoms with E-state index in [1.165, 1.54) is 5.56 Å². The van der Waals surface area contributed by atoms with Crippen molar-refractivity contribution in [3.63, 3.8) is 0 Å². The Labute approximate surface area is 206 Å². The lowest BCUT2D eigenvalue weighted by atomic mass is 9.87. The molecule has 0 saturated heterocycles. The zero-order valence-electron chi connectivity index (χ0n) is 20.5. The smallest absolute Gasteiger partial charge is 0.260 e. The van der Waals surface area contributed by atoms with Gasteiger partial charge in [0.25, 0.3) is 11.8 Å². The molecular formula is C29H32N2O4. The zero-order valence-corrected chi connectivity index (χ0v) is 20.5. The average Bonchev–Trinajstić information content (AvgIpc) is 2.88. The highest BCUT2D eigenvalue weighted by atomic mass is 16.5. The minimum atomic E-state index is -0.659. The third-order valence-corrected chi connectivity index (χ3v) is 6.27. The molecule has 2 unspecified atom stereocenters. The molecule has 0 bridgehead atoms. The van der Waals surface area contributed by atoms with Crippen LogP contribution in [0.3, 0.4) is 0 Å². The number of amides is 2. The summed E-state index contributed by atoms with van der Waals surface area (Å²) in [7, 11) is 1.59. The molecule has 4 rings (SSSR count). The fraction of sp³-hybridized carbons (Fsp3) is 0.310. The molecule has 1 heterocycles. The summed E-state index contributed by atoms with van der Waals surface area (Å²) in [5.74, 6) is 0.403. The van der Waals surface area contributed by atoms with E-state index in [2.05, 4.69) is 30.4 Å². The van der Waals surface area contributed by atoms with Crippen LogP contribution in [0.15, 0.2) is 72.8 Å². The molecule has 1 N–H and O–H groups in total. The SMILES string of the molecule is COCCNC(=O)C(C)Oc1ccc2c(c1)C(c1cccc(C)c1)N(C(=O)c1ccccc1)CC2. The fourth-order valence-corrected chi connectivity index (χ4v) is 4.51. The summed E-state index contributed by atoms with van der Waals surface area (Å²) < 4.78 is 11.0. The molecule has 1 aliphatic heterocycles. The molecule has 6 nitrogen and oxygen atoms in total. The molecule has 3 aromatic carbocycles. The van der Waals surface area contributed by atoms with Gasteiger partial charge in [0, 0.05) is 25.8 Å². The van der Waals surface area contributed by atoms with Gasteiger partial charge in [0.05, 0.1) is 12.6 Å². The second-order valence-corrected chi connectivity index (χ2v) is 8.84. The van der Waals surface area contributed by atoms with Crippen LogP contribution in [0.25, 0.3) is 0 Å². The van der Waals surface area contributed by atoms with E-state index in [4.69, 9.17) is 9.47 Å². The first-order chi connectivity index (χ1) is 17.0. The highest BCUT2D eigenvalue weighted by Gasteiger charge is 2.33. The average molecular weight is 473 g/mol. The van der Waals surface area contributed by atoms with Gasteiger partial charge in [-0.1, -0.05) is 54.1 Å². The van der Waals surface area contributed by atoms with Crippen molar-refractivity contribution in [1.82, 2.24) is 10.2 Å². The van der Waals surface area contributed by atoms with Crippen molar-refractivity contribution in [3.8, 4) is 5.75 Å². The minimum Gasteiger partial charge on any atom is -0.481 e. The number of carbonyl (C=O) groups excluding carboxylic acids is 2. The standard InChI is InChI=1S/C29H32N2O4/c1-20-8-7-11-24(18-20)27-26-19-25(35-21(2)28(32)30-15-17-34-3)13-12-22(26)14-16-31(27)29(33)23-9-5-4-6-10-23/h4-13,18-19,21,27H,14-17H2,1-3H3,(H,30,32). The number of hydrogen-bond donors (Lipinski definition) is 1. The van der Waals surface area contributed by atoms with Crippen molar-refractivity contribution < 1.29 is 19.1 Å². The van der Waals surface area contributed by atoms with E-state index in [0.717, 1.165) is 23.1 Å². The Kier molecular flexibility index (Phi) is 7.83. The molecule has 35 heavy (non-hydrogen) atoms. The first kappa shape index (κ1) is 24.5. The molecule has 0 saturated carbocycles. The number of aryl methyl sites for hydroxylation is 1. The predicted molar refractivity (Wildman–Crippen MR) is 136 cm³/mol. The van der Waals surface area contributed by atoms with Gasteiger partial charge in [-0.2, -0.15) is 0 Å². The fourth-order valence-electron chi connectivity index (χ4n) is 4.51. The highest BCUT2D eigenvalue weighted by molar-refractivity contribution is 5.95. The van der Waals surface area contributed by atoms with E-state index in [1.54, 1.807) is 14.0 Å². The van der Waals surface area contributed by atoms with Crippen LogP contribution < -0.4 is 10.1 Å². The molecule has 2 amide bonds. The third kappa shape index (κ3) is 5.72. The van der Waals surface area contributed by atoms with Crippen LogP contribution in [0.5, 0.6) is 5.75 Å². The Bertz CT molecular complexity index is 1180. The Morgan fingerprint density at radius 2 is 1.86 bits per heavy atom. The summed E-state index contributed by atoms with van der Waals surface area (Å²) in [5.41, 5.74) is 5.06. The number of nitrogens with zero attached hydrogens (tertiary/aromatic N) is 1. The summed E-state index contributed by atoms with van der Waals surface area (Å²) in [5, 5.41) is 2.81.